The summed E-state index contributed by atoms with van der Waals surface area (Å²) in [6, 6.07) is 2.79. The Morgan fingerprint density at radius 3 is 2.68 bits per heavy atom. The van der Waals surface area contributed by atoms with E-state index in [2.05, 4.69) is 14.8 Å². The fraction of sp³-hybridized carbons (Fsp3) is 0.632. The molecule has 2 fully saturated rings. The van der Waals surface area contributed by atoms with Crippen LogP contribution in [0.4, 0.5) is 5.13 Å². The molecule has 5 nitrogen and oxygen atoms in total. The number of thiazole rings is 1. The normalized spacial score (nSPS) is 20.3. The van der Waals surface area contributed by atoms with Gasteiger partial charge in [0.25, 0.3) is 0 Å². The van der Waals surface area contributed by atoms with E-state index in [9.17, 15) is 4.79 Å². The van der Waals surface area contributed by atoms with E-state index in [0.717, 1.165) is 40.2 Å². The zero-order valence-corrected chi connectivity index (χ0v) is 15.7. The minimum Gasteiger partial charge on any atom is -0.348 e. The number of anilines is 1. The molecule has 0 aliphatic carbocycles. The molecule has 2 aromatic heterocycles. The summed E-state index contributed by atoms with van der Waals surface area (Å²) < 4.78 is 1.14. The van der Waals surface area contributed by atoms with Crippen LogP contribution in [0.25, 0.3) is 10.2 Å². The highest BCUT2D eigenvalue weighted by atomic mass is 32.1. The Kier molecular flexibility index (Phi) is 4.99. The van der Waals surface area contributed by atoms with Crippen LogP contribution >= 0.6 is 11.3 Å². The average Bonchev–Trinajstić information content (AvgIpc) is 3.05. The number of ketones is 1. The number of fused-ring (bicyclic) bond motifs is 1. The van der Waals surface area contributed by atoms with Crippen molar-refractivity contribution < 1.29 is 4.79 Å². The molecule has 0 saturated carbocycles. The zero-order chi connectivity index (χ0) is 17.2. The lowest BCUT2D eigenvalue weighted by atomic mass is 10.0. The first-order chi connectivity index (χ1) is 12.2. The number of nitrogens with zero attached hydrogens (tertiary/aromatic N) is 4. The van der Waals surface area contributed by atoms with Gasteiger partial charge in [0.15, 0.2) is 5.13 Å². The van der Waals surface area contributed by atoms with Gasteiger partial charge < -0.3 is 9.80 Å². The Labute approximate surface area is 153 Å². The molecule has 0 bridgehead atoms. The maximum atomic E-state index is 11.3. The van der Waals surface area contributed by atoms with Crippen molar-refractivity contribution in [2.45, 2.75) is 51.5 Å². The van der Waals surface area contributed by atoms with Crippen molar-refractivity contribution in [1.82, 2.24) is 14.9 Å². The van der Waals surface area contributed by atoms with Crippen LogP contribution < -0.4 is 4.90 Å². The van der Waals surface area contributed by atoms with Crippen molar-refractivity contribution in [2.24, 2.45) is 0 Å². The Hall–Kier alpha value is -1.53. The monoisotopic (exact) mass is 358 g/mol. The SMILES string of the molecule is CC(=O)Cc1cc2sc(N3CCC(N4CCCCC4)CC3)nc2cn1. The van der Waals surface area contributed by atoms with Crippen LogP contribution in [0.3, 0.4) is 0 Å². The van der Waals surface area contributed by atoms with Crippen LogP contribution in [0, 0.1) is 0 Å². The molecule has 0 spiro atoms. The number of piperidine rings is 2. The van der Waals surface area contributed by atoms with Gasteiger partial charge in [0.05, 0.1) is 10.9 Å². The van der Waals surface area contributed by atoms with Crippen molar-refractivity contribution in [1.29, 1.82) is 0 Å². The van der Waals surface area contributed by atoms with Crippen molar-refractivity contribution in [3.63, 3.8) is 0 Å². The summed E-state index contributed by atoms with van der Waals surface area (Å²) in [7, 11) is 0. The van der Waals surface area contributed by atoms with Crippen molar-refractivity contribution in [3.8, 4) is 0 Å². The Morgan fingerprint density at radius 2 is 1.96 bits per heavy atom. The number of rotatable bonds is 4. The van der Waals surface area contributed by atoms with E-state index >= 15 is 0 Å². The topological polar surface area (TPSA) is 49.3 Å². The van der Waals surface area contributed by atoms with Gasteiger partial charge in [-0.05, 0) is 51.8 Å². The van der Waals surface area contributed by atoms with E-state index in [0.29, 0.717) is 6.42 Å². The number of carbonyl (C=O) groups is 1. The minimum absolute atomic E-state index is 0.149. The van der Waals surface area contributed by atoms with E-state index in [1.807, 2.05) is 12.3 Å². The summed E-state index contributed by atoms with van der Waals surface area (Å²) in [6.45, 7) is 6.37. The molecule has 4 heterocycles. The van der Waals surface area contributed by atoms with Crippen molar-refractivity contribution in [2.75, 3.05) is 31.1 Å². The third-order valence-electron chi connectivity index (χ3n) is 5.39. The smallest absolute Gasteiger partial charge is 0.186 e. The highest BCUT2D eigenvalue weighted by Gasteiger charge is 2.26. The lowest BCUT2D eigenvalue weighted by Gasteiger charge is -2.40. The van der Waals surface area contributed by atoms with Crippen LogP contribution in [0.2, 0.25) is 0 Å². The van der Waals surface area contributed by atoms with Gasteiger partial charge in [-0.25, -0.2) is 4.98 Å². The number of hydrogen-bond acceptors (Lipinski definition) is 6. The van der Waals surface area contributed by atoms with E-state index in [1.54, 1.807) is 18.3 Å². The molecule has 0 radical (unpaired) electrons. The largest absolute Gasteiger partial charge is 0.348 e. The number of Topliss-reactive ketones (excluding diaryl/α,β-unsaturated/α-hetero) is 1. The van der Waals surface area contributed by atoms with Crippen molar-refractivity contribution in [3.05, 3.63) is 18.0 Å². The molecule has 2 aliphatic rings. The van der Waals surface area contributed by atoms with Gasteiger partial charge in [0.1, 0.15) is 11.3 Å². The van der Waals surface area contributed by atoms with Gasteiger partial charge in [0.2, 0.25) is 0 Å². The second kappa shape index (κ2) is 7.38. The number of aromatic nitrogens is 2. The van der Waals surface area contributed by atoms with Crippen LogP contribution in [0.5, 0.6) is 0 Å². The Balaban J connectivity index is 1.42. The summed E-state index contributed by atoms with van der Waals surface area (Å²) >= 11 is 1.73. The molecular weight excluding hydrogens is 332 g/mol. The van der Waals surface area contributed by atoms with Crippen LogP contribution in [0.1, 0.15) is 44.7 Å². The summed E-state index contributed by atoms with van der Waals surface area (Å²) in [5.41, 5.74) is 1.80. The summed E-state index contributed by atoms with van der Waals surface area (Å²) in [5, 5.41) is 1.11. The zero-order valence-electron chi connectivity index (χ0n) is 14.9. The molecule has 0 atom stereocenters. The van der Waals surface area contributed by atoms with Crippen LogP contribution in [-0.2, 0) is 11.2 Å². The summed E-state index contributed by atoms with van der Waals surface area (Å²) in [4.78, 5) is 25.6. The first-order valence-electron chi connectivity index (χ1n) is 9.43. The van der Waals surface area contributed by atoms with Gasteiger partial charge >= 0.3 is 0 Å². The fourth-order valence-corrected chi connectivity index (χ4v) is 5.10. The molecule has 0 N–H and O–H groups in total. The second-order valence-corrected chi connectivity index (χ2v) is 8.34. The number of hydrogen-bond donors (Lipinski definition) is 0. The van der Waals surface area contributed by atoms with E-state index < -0.39 is 0 Å². The van der Waals surface area contributed by atoms with Crippen molar-refractivity contribution >= 4 is 32.5 Å². The van der Waals surface area contributed by atoms with Crippen LogP contribution in [-0.4, -0.2) is 52.9 Å². The molecule has 4 rings (SSSR count). The fourth-order valence-electron chi connectivity index (χ4n) is 4.05. The predicted molar refractivity (Wildman–Crippen MR) is 102 cm³/mol. The van der Waals surface area contributed by atoms with Gasteiger partial charge in [0, 0.05) is 31.2 Å². The molecule has 0 unspecified atom stereocenters. The van der Waals surface area contributed by atoms with Gasteiger partial charge in [-0.15, -0.1) is 0 Å². The molecule has 0 amide bonds. The predicted octanol–water partition coefficient (Wildman–Crippen LogP) is 3.28. The third kappa shape index (κ3) is 3.85. The molecule has 2 aromatic rings. The van der Waals surface area contributed by atoms with Gasteiger partial charge in [-0.3, -0.25) is 9.78 Å². The van der Waals surface area contributed by atoms with E-state index in [4.69, 9.17) is 4.98 Å². The lowest BCUT2D eigenvalue weighted by molar-refractivity contribution is -0.116. The van der Waals surface area contributed by atoms with Gasteiger partial charge in [-0.1, -0.05) is 17.8 Å². The Morgan fingerprint density at radius 1 is 1.20 bits per heavy atom. The summed E-state index contributed by atoms with van der Waals surface area (Å²) in [6.07, 6.45) is 8.84. The maximum absolute atomic E-state index is 11.3. The van der Waals surface area contributed by atoms with Crippen LogP contribution in [0.15, 0.2) is 12.3 Å². The third-order valence-corrected chi connectivity index (χ3v) is 6.47. The highest BCUT2D eigenvalue weighted by molar-refractivity contribution is 7.22. The first-order valence-corrected chi connectivity index (χ1v) is 10.2. The molecular formula is C19H26N4OS. The minimum atomic E-state index is 0.149. The molecule has 25 heavy (non-hydrogen) atoms. The standard InChI is InChI=1S/C19H26N4OS/c1-14(24)11-15-12-18-17(13-20-15)21-19(25-18)23-9-5-16(6-10-23)22-7-3-2-4-8-22/h12-13,16H,2-11H2,1H3. The number of pyridine rings is 1. The maximum Gasteiger partial charge on any atom is 0.186 e. The van der Waals surface area contributed by atoms with E-state index in [-0.39, 0.29) is 5.78 Å². The highest BCUT2D eigenvalue weighted by Crippen LogP contribution is 2.31. The number of carbonyl (C=O) groups excluding carboxylic acids is 1. The van der Waals surface area contributed by atoms with E-state index in [1.165, 1.54) is 45.2 Å². The Bertz CT molecular complexity index is 745. The lowest BCUT2D eigenvalue weighted by Crippen LogP contribution is -2.46. The molecule has 2 saturated heterocycles. The quantitative estimate of drug-likeness (QED) is 0.839. The molecule has 134 valence electrons. The molecule has 2 aliphatic heterocycles. The first kappa shape index (κ1) is 16.9. The molecule has 6 heteroatoms. The summed E-state index contributed by atoms with van der Waals surface area (Å²) in [5.74, 6) is 0.149. The second-order valence-electron chi connectivity index (χ2n) is 7.33. The number of likely N-dealkylation sites (tertiary alicyclic amines) is 1. The molecule has 0 aromatic carbocycles. The average molecular weight is 359 g/mol. The van der Waals surface area contributed by atoms with Gasteiger partial charge in [-0.2, -0.15) is 0 Å².